The second-order valence-electron chi connectivity index (χ2n) is 14.0. The van der Waals surface area contributed by atoms with E-state index in [9.17, 15) is 13.2 Å². The summed E-state index contributed by atoms with van der Waals surface area (Å²) in [6.45, 7) is 8.27. The Balaban J connectivity index is 1.21. The molecule has 1 fully saturated rings. The zero-order chi connectivity index (χ0) is 34.4. The molecule has 3 N–H and O–H groups in total. The molecule has 256 valence electrons. The molecule has 2 aromatic carbocycles. The van der Waals surface area contributed by atoms with E-state index in [-0.39, 0.29) is 35.0 Å². The summed E-state index contributed by atoms with van der Waals surface area (Å²) in [5.74, 6) is 1.87. The van der Waals surface area contributed by atoms with E-state index in [1.165, 1.54) is 7.11 Å². The number of hydrogen-bond donors (Lipinski definition) is 3. The highest BCUT2D eigenvalue weighted by Gasteiger charge is 2.33. The van der Waals surface area contributed by atoms with Gasteiger partial charge < -0.3 is 20.1 Å². The fourth-order valence-electron chi connectivity index (χ4n) is 6.76. The Morgan fingerprint density at radius 3 is 2.38 bits per heavy atom. The molecule has 12 nitrogen and oxygen atoms in total. The number of ether oxygens (including phenoxy) is 2. The van der Waals surface area contributed by atoms with Crippen molar-refractivity contribution < 1.29 is 22.7 Å². The Morgan fingerprint density at radius 1 is 0.979 bits per heavy atom. The van der Waals surface area contributed by atoms with Crippen LogP contribution in [0.1, 0.15) is 94.1 Å². The van der Waals surface area contributed by atoms with Crippen LogP contribution in [-0.4, -0.2) is 60.4 Å². The molecule has 1 aliphatic heterocycles. The van der Waals surface area contributed by atoms with E-state index in [1.54, 1.807) is 6.07 Å². The molecule has 4 atom stereocenters. The van der Waals surface area contributed by atoms with Crippen LogP contribution in [0.2, 0.25) is 0 Å². The molecule has 3 heterocycles. The van der Waals surface area contributed by atoms with Crippen molar-refractivity contribution in [1.82, 2.24) is 24.8 Å². The van der Waals surface area contributed by atoms with Gasteiger partial charge in [-0.25, -0.2) is 13.2 Å². The van der Waals surface area contributed by atoms with Gasteiger partial charge in [-0.2, -0.15) is 0 Å². The van der Waals surface area contributed by atoms with Crippen LogP contribution in [0.25, 0.3) is 5.65 Å². The van der Waals surface area contributed by atoms with Crippen molar-refractivity contribution in [3.05, 3.63) is 77.2 Å². The van der Waals surface area contributed by atoms with E-state index in [2.05, 4.69) is 44.4 Å². The van der Waals surface area contributed by atoms with Crippen LogP contribution in [0.5, 0.6) is 11.5 Å². The molecule has 1 saturated heterocycles. The van der Waals surface area contributed by atoms with Gasteiger partial charge in [-0.15, -0.1) is 10.2 Å². The quantitative estimate of drug-likeness (QED) is 0.197. The van der Waals surface area contributed by atoms with Crippen LogP contribution < -0.4 is 24.8 Å². The van der Waals surface area contributed by atoms with Crippen molar-refractivity contribution in [3.63, 3.8) is 0 Å². The Morgan fingerprint density at radius 2 is 1.71 bits per heavy atom. The van der Waals surface area contributed by atoms with Crippen molar-refractivity contribution in [2.75, 3.05) is 30.5 Å². The first kappa shape index (κ1) is 33.5. The molecule has 2 aromatic heterocycles. The third-order valence-corrected chi connectivity index (χ3v) is 10.1. The fourth-order valence-corrected chi connectivity index (χ4v) is 7.32. The maximum absolute atomic E-state index is 13.5. The predicted molar refractivity (Wildman–Crippen MR) is 186 cm³/mol. The second kappa shape index (κ2) is 12.9. The number of pyridine rings is 1. The number of likely N-dealkylation sites (tertiary alicyclic amines) is 1. The van der Waals surface area contributed by atoms with Gasteiger partial charge in [-0.05, 0) is 86.0 Å². The molecule has 1 aliphatic carbocycles. The molecule has 2 amide bonds. The summed E-state index contributed by atoms with van der Waals surface area (Å²) in [5.41, 5.74) is 3.90. The Labute approximate surface area is 282 Å². The number of fused-ring (bicyclic) bond motifs is 2. The van der Waals surface area contributed by atoms with Crippen LogP contribution in [0, 0.1) is 0 Å². The average molecular weight is 676 g/mol. The zero-order valence-electron chi connectivity index (χ0n) is 28.6. The maximum Gasteiger partial charge on any atom is 0.319 e. The number of carbonyl (C=O) groups excluding carboxylic acids is 1. The highest BCUT2D eigenvalue weighted by molar-refractivity contribution is 7.92. The summed E-state index contributed by atoms with van der Waals surface area (Å²) in [7, 11) is -0.0199. The van der Waals surface area contributed by atoms with E-state index in [4.69, 9.17) is 9.47 Å². The van der Waals surface area contributed by atoms with Gasteiger partial charge in [0, 0.05) is 6.04 Å². The lowest BCUT2D eigenvalue weighted by Crippen LogP contribution is -2.35. The molecule has 0 saturated carbocycles. The summed E-state index contributed by atoms with van der Waals surface area (Å²) in [6.07, 6.45) is 6.35. The molecular weight excluding hydrogens is 630 g/mol. The number of sulfonamides is 1. The lowest BCUT2D eigenvalue weighted by molar-refractivity contribution is 0.171. The molecule has 2 aliphatic rings. The number of nitrogens with one attached hydrogen (secondary N) is 3. The maximum atomic E-state index is 13.5. The minimum absolute atomic E-state index is 0.206. The lowest BCUT2D eigenvalue weighted by atomic mass is 9.85. The number of benzene rings is 2. The largest absolute Gasteiger partial charge is 0.492 e. The van der Waals surface area contributed by atoms with E-state index in [1.807, 2.05) is 73.8 Å². The standard InChI is InChI=1S/C35H45N7O5S/c1-21-12-15-29(41(21)5)33-39-38-31-17-13-23(20-42(31)33)47-30-16-14-26(24-10-8-9-11-25(24)30)36-34(43)37-27-18-22(35(2,3)4)19-28(32(27)46-6)40-48(7,44)45/h8-11,13,17-21,26,29-30,40H,12,14-16H2,1-7H3,(H2,36,37,43)/t21-,26?,29-,30-/m0/s1. The van der Waals surface area contributed by atoms with Crippen molar-refractivity contribution >= 4 is 33.1 Å². The Hall–Kier alpha value is -4.36. The van der Waals surface area contributed by atoms with Crippen LogP contribution in [0.15, 0.2) is 54.7 Å². The molecule has 0 bridgehead atoms. The van der Waals surface area contributed by atoms with E-state index < -0.39 is 16.1 Å². The predicted octanol–water partition coefficient (Wildman–Crippen LogP) is 6.34. The molecule has 1 unspecified atom stereocenters. The van der Waals surface area contributed by atoms with Gasteiger partial charge in [0.1, 0.15) is 11.9 Å². The molecular formula is C35H45N7O5S. The number of aromatic nitrogens is 3. The normalized spacial score (nSPS) is 21.5. The van der Waals surface area contributed by atoms with E-state index in [0.717, 1.165) is 53.0 Å². The summed E-state index contributed by atoms with van der Waals surface area (Å²) in [4.78, 5) is 15.9. The topological polar surface area (TPSA) is 139 Å². The molecule has 13 heteroatoms. The third-order valence-electron chi connectivity index (χ3n) is 9.47. The summed E-state index contributed by atoms with van der Waals surface area (Å²) >= 11 is 0. The number of carbonyl (C=O) groups is 1. The van der Waals surface area contributed by atoms with Gasteiger partial charge in [0.05, 0.1) is 43.0 Å². The van der Waals surface area contributed by atoms with E-state index in [0.29, 0.717) is 24.6 Å². The third kappa shape index (κ3) is 6.93. The van der Waals surface area contributed by atoms with Gasteiger partial charge >= 0.3 is 6.03 Å². The van der Waals surface area contributed by atoms with Crippen LogP contribution >= 0.6 is 0 Å². The second-order valence-corrected chi connectivity index (χ2v) is 15.7. The first-order chi connectivity index (χ1) is 22.7. The van der Waals surface area contributed by atoms with Crippen molar-refractivity contribution in [2.45, 2.75) is 83.0 Å². The van der Waals surface area contributed by atoms with Crippen molar-refractivity contribution in [3.8, 4) is 11.5 Å². The van der Waals surface area contributed by atoms with Crippen molar-refractivity contribution in [2.24, 2.45) is 0 Å². The number of hydrogen-bond acceptors (Lipinski definition) is 8. The van der Waals surface area contributed by atoms with Gasteiger partial charge in [-0.1, -0.05) is 45.0 Å². The van der Waals surface area contributed by atoms with Crippen LogP contribution in [0.3, 0.4) is 0 Å². The number of methoxy groups -OCH3 is 1. The Kier molecular flexibility index (Phi) is 9.03. The monoisotopic (exact) mass is 675 g/mol. The molecule has 4 aromatic rings. The summed E-state index contributed by atoms with van der Waals surface area (Å²) < 4.78 is 41.0. The minimum atomic E-state index is -3.60. The number of anilines is 2. The van der Waals surface area contributed by atoms with Gasteiger partial charge in [0.25, 0.3) is 0 Å². The number of rotatable bonds is 8. The first-order valence-electron chi connectivity index (χ1n) is 16.3. The smallest absolute Gasteiger partial charge is 0.319 e. The van der Waals surface area contributed by atoms with Gasteiger partial charge in [0.15, 0.2) is 17.2 Å². The first-order valence-corrected chi connectivity index (χ1v) is 18.2. The molecule has 6 rings (SSSR count). The van der Waals surface area contributed by atoms with Crippen LogP contribution in [0.4, 0.5) is 16.2 Å². The number of urea groups is 1. The Bertz CT molecular complexity index is 1940. The molecule has 48 heavy (non-hydrogen) atoms. The highest BCUT2D eigenvalue weighted by Crippen LogP contribution is 2.41. The van der Waals surface area contributed by atoms with Gasteiger partial charge in [-0.3, -0.25) is 14.0 Å². The average Bonchev–Trinajstić information content (AvgIpc) is 3.58. The van der Waals surface area contributed by atoms with Crippen molar-refractivity contribution in [1.29, 1.82) is 0 Å². The fraction of sp³-hybridized carbons (Fsp3) is 0.457. The van der Waals surface area contributed by atoms with E-state index >= 15 is 0 Å². The highest BCUT2D eigenvalue weighted by atomic mass is 32.2. The van der Waals surface area contributed by atoms with Gasteiger partial charge in [0.2, 0.25) is 10.0 Å². The van der Waals surface area contributed by atoms with Crippen LogP contribution in [-0.2, 0) is 15.4 Å². The summed E-state index contributed by atoms with van der Waals surface area (Å²) in [6, 6.07) is 15.4. The number of amides is 2. The minimum Gasteiger partial charge on any atom is -0.492 e. The SMILES string of the molecule is COc1c(NC(=O)NC2CC[C@H](Oc3ccc4nnc([C@@H]5CC[C@H](C)N5C)n4c3)c3ccccc32)cc(C(C)(C)C)cc1NS(C)(=O)=O. The molecule has 0 radical (unpaired) electrons. The molecule has 0 spiro atoms. The zero-order valence-corrected chi connectivity index (χ0v) is 29.4. The summed E-state index contributed by atoms with van der Waals surface area (Å²) in [5, 5.41) is 15.0. The lowest BCUT2D eigenvalue weighted by Gasteiger charge is -2.32. The number of nitrogens with zero attached hydrogens (tertiary/aromatic N) is 4.